The molecule has 0 radical (unpaired) electrons. The number of nitrogens with one attached hydrogen (secondary N) is 2. The number of para-hydroxylation sites is 1. The molecule has 1 atom stereocenters. The molecule has 4 aromatic rings. The Balaban J connectivity index is 1.34. The molecule has 0 fully saturated rings. The number of hydrogen-bond acceptors (Lipinski definition) is 6. The van der Waals surface area contributed by atoms with Gasteiger partial charge in [-0.2, -0.15) is 4.80 Å². The van der Waals surface area contributed by atoms with Crippen LogP contribution in [0.1, 0.15) is 5.56 Å². The van der Waals surface area contributed by atoms with E-state index in [0.29, 0.717) is 11.6 Å². The van der Waals surface area contributed by atoms with Gasteiger partial charge in [-0.1, -0.05) is 18.2 Å². The van der Waals surface area contributed by atoms with Gasteiger partial charge >= 0.3 is 5.97 Å². The largest absolute Gasteiger partial charge is 0.484 e. The highest BCUT2D eigenvalue weighted by molar-refractivity contribution is 5.87. The first-order valence-electron chi connectivity index (χ1n) is 9.54. The summed E-state index contributed by atoms with van der Waals surface area (Å²) in [5, 5.41) is 24.8. The first kappa shape index (κ1) is 20.1. The topological polar surface area (TPSA) is 135 Å². The minimum atomic E-state index is -1.11. The lowest BCUT2D eigenvalue weighted by atomic mass is 10.1. The van der Waals surface area contributed by atoms with Crippen molar-refractivity contribution in [1.82, 2.24) is 30.5 Å². The summed E-state index contributed by atoms with van der Waals surface area (Å²) in [6.07, 6.45) is 1.92. The van der Waals surface area contributed by atoms with Crippen LogP contribution in [0.2, 0.25) is 0 Å². The van der Waals surface area contributed by atoms with E-state index in [1.54, 1.807) is 37.5 Å². The van der Waals surface area contributed by atoms with Crippen molar-refractivity contribution in [3.8, 4) is 17.1 Å². The van der Waals surface area contributed by atoms with E-state index in [9.17, 15) is 14.7 Å². The van der Waals surface area contributed by atoms with E-state index in [4.69, 9.17) is 4.74 Å². The summed E-state index contributed by atoms with van der Waals surface area (Å²) in [6, 6.07) is 13.4. The van der Waals surface area contributed by atoms with Gasteiger partial charge in [-0.3, -0.25) is 4.79 Å². The van der Waals surface area contributed by atoms with Crippen LogP contribution in [0.4, 0.5) is 0 Å². The fourth-order valence-electron chi connectivity index (χ4n) is 3.21. The number of aliphatic carboxylic acids is 1. The lowest BCUT2D eigenvalue weighted by Gasteiger charge is -2.14. The standard InChI is InChI=1S/C21H20N6O4/c1-27-25-20(24-26-27)13-6-8-15(9-7-13)31-12-19(28)23-18(21(29)30)10-14-11-22-17-5-3-2-4-16(14)17/h2-9,11,18,22H,10,12H2,1H3,(H,23,28)(H,29,30)/t18-/m0/s1. The van der Waals surface area contributed by atoms with Crippen molar-refractivity contribution in [2.75, 3.05) is 6.61 Å². The second kappa shape index (κ2) is 8.66. The molecule has 2 heterocycles. The van der Waals surface area contributed by atoms with Gasteiger partial charge in [-0.25, -0.2) is 4.79 Å². The normalized spacial score (nSPS) is 11.9. The van der Waals surface area contributed by atoms with Gasteiger partial charge in [0.2, 0.25) is 5.82 Å². The van der Waals surface area contributed by atoms with Crippen LogP contribution < -0.4 is 10.1 Å². The number of ether oxygens (including phenoxy) is 1. The highest BCUT2D eigenvalue weighted by atomic mass is 16.5. The predicted octanol–water partition coefficient (Wildman–Crippen LogP) is 1.55. The van der Waals surface area contributed by atoms with Crippen molar-refractivity contribution in [1.29, 1.82) is 0 Å². The highest BCUT2D eigenvalue weighted by Gasteiger charge is 2.22. The summed E-state index contributed by atoms with van der Waals surface area (Å²) < 4.78 is 5.48. The predicted molar refractivity (Wildman–Crippen MR) is 111 cm³/mol. The Kier molecular flexibility index (Phi) is 5.61. The maximum absolute atomic E-state index is 12.3. The summed E-state index contributed by atoms with van der Waals surface area (Å²) in [4.78, 5) is 28.4. The van der Waals surface area contributed by atoms with E-state index in [0.717, 1.165) is 22.0 Å². The molecule has 10 nitrogen and oxygen atoms in total. The number of tetrazole rings is 1. The molecule has 0 saturated heterocycles. The Bertz CT molecular complexity index is 1210. The number of nitrogens with zero attached hydrogens (tertiary/aromatic N) is 4. The number of carbonyl (C=O) groups excluding carboxylic acids is 1. The van der Waals surface area contributed by atoms with Crippen LogP contribution in [0.15, 0.2) is 54.7 Å². The lowest BCUT2D eigenvalue weighted by Crippen LogP contribution is -2.44. The second-order valence-electron chi connectivity index (χ2n) is 6.94. The van der Waals surface area contributed by atoms with Crippen LogP contribution in [0.3, 0.4) is 0 Å². The Morgan fingerprint density at radius 3 is 2.68 bits per heavy atom. The van der Waals surface area contributed by atoms with Crippen molar-refractivity contribution in [2.45, 2.75) is 12.5 Å². The minimum Gasteiger partial charge on any atom is -0.484 e. The molecule has 0 bridgehead atoms. The molecule has 3 N–H and O–H groups in total. The third kappa shape index (κ3) is 4.69. The number of H-pyrrole nitrogens is 1. The van der Waals surface area contributed by atoms with Gasteiger partial charge < -0.3 is 20.1 Å². The van der Waals surface area contributed by atoms with Gasteiger partial charge in [0, 0.05) is 29.1 Å². The Labute approximate surface area is 176 Å². The van der Waals surface area contributed by atoms with E-state index in [1.165, 1.54) is 4.80 Å². The molecule has 4 rings (SSSR count). The van der Waals surface area contributed by atoms with Crippen LogP contribution in [0.5, 0.6) is 5.75 Å². The number of carbonyl (C=O) groups is 2. The minimum absolute atomic E-state index is 0.158. The maximum Gasteiger partial charge on any atom is 0.326 e. The first-order chi connectivity index (χ1) is 15.0. The van der Waals surface area contributed by atoms with Crippen LogP contribution in [-0.4, -0.2) is 54.8 Å². The molecule has 158 valence electrons. The Hall–Kier alpha value is -4.21. The number of aryl methyl sites for hydroxylation is 1. The molecule has 0 saturated carbocycles. The number of aromatic amines is 1. The van der Waals surface area contributed by atoms with Crippen LogP contribution in [0.25, 0.3) is 22.3 Å². The van der Waals surface area contributed by atoms with Crippen molar-refractivity contribution in [3.05, 3.63) is 60.3 Å². The Morgan fingerprint density at radius 2 is 1.97 bits per heavy atom. The molecular weight excluding hydrogens is 400 g/mol. The number of benzene rings is 2. The van der Waals surface area contributed by atoms with Gasteiger partial charge in [0.15, 0.2) is 6.61 Å². The van der Waals surface area contributed by atoms with E-state index >= 15 is 0 Å². The highest BCUT2D eigenvalue weighted by Crippen LogP contribution is 2.20. The number of aromatic nitrogens is 5. The average molecular weight is 420 g/mol. The van der Waals surface area contributed by atoms with Crippen molar-refractivity contribution >= 4 is 22.8 Å². The number of carboxylic acids is 1. The van der Waals surface area contributed by atoms with Crippen molar-refractivity contribution in [3.63, 3.8) is 0 Å². The molecule has 10 heteroatoms. The maximum atomic E-state index is 12.3. The summed E-state index contributed by atoms with van der Waals surface area (Å²) in [5.74, 6) is -0.689. The number of fused-ring (bicyclic) bond motifs is 1. The molecule has 0 aliphatic rings. The fourth-order valence-corrected chi connectivity index (χ4v) is 3.21. The zero-order valence-electron chi connectivity index (χ0n) is 16.6. The first-order valence-corrected chi connectivity index (χ1v) is 9.54. The number of hydrogen-bond donors (Lipinski definition) is 3. The number of amides is 1. The molecule has 2 aromatic carbocycles. The molecule has 0 aliphatic heterocycles. The average Bonchev–Trinajstić information content (AvgIpc) is 3.38. The quantitative estimate of drug-likeness (QED) is 0.393. The molecule has 0 aliphatic carbocycles. The molecule has 0 spiro atoms. The van der Waals surface area contributed by atoms with Gasteiger partial charge in [0.1, 0.15) is 11.8 Å². The summed E-state index contributed by atoms with van der Waals surface area (Å²) in [7, 11) is 1.68. The van der Waals surface area contributed by atoms with Gasteiger partial charge in [0.25, 0.3) is 5.91 Å². The number of rotatable bonds is 8. The molecule has 0 unspecified atom stereocenters. The third-order valence-corrected chi connectivity index (χ3v) is 4.72. The smallest absolute Gasteiger partial charge is 0.326 e. The molecule has 31 heavy (non-hydrogen) atoms. The molecule has 2 aromatic heterocycles. The summed E-state index contributed by atoms with van der Waals surface area (Å²) in [6.45, 7) is -0.305. The zero-order valence-corrected chi connectivity index (χ0v) is 16.6. The monoisotopic (exact) mass is 420 g/mol. The fraction of sp³-hybridized carbons (Fsp3) is 0.190. The van der Waals surface area contributed by atoms with Gasteiger partial charge in [0.05, 0.1) is 7.05 Å². The third-order valence-electron chi connectivity index (χ3n) is 4.72. The van der Waals surface area contributed by atoms with E-state index in [1.807, 2.05) is 24.3 Å². The summed E-state index contributed by atoms with van der Waals surface area (Å²) >= 11 is 0. The second-order valence-corrected chi connectivity index (χ2v) is 6.94. The van der Waals surface area contributed by atoms with Crippen molar-refractivity contribution < 1.29 is 19.4 Å². The van der Waals surface area contributed by atoms with Crippen LogP contribution in [-0.2, 0) is 23.1 Å². The molecule has 1 amide bonds. The Morgan fingerprint density at radius 1 is 1.19 bits per heavy atom. The SMILES string of the molecule is Cn1nnc(-c2ccc(OCC(=O)N[C@@H](Cc3c[nH]c4ccccc34)C(=O)O)cc2)n1. The lowest BCUT2D eigenvalue weighted by molar-refractivity contribution is -0.142. The van der Waals surface area contributed by atoms with Gasteiger partial charge in [-0.15, -0.1) is 10.2 Å². The van der Waals surface area contributed by atoms with Crippen LogP contribution in [0, 0.1) is 0 Å². The van der Waals surface area contributed by atoms with Crippen LogP contribution >= 0.6 is 0 Å². The van der Waals surface area contributed by atoms with Crippen molar-refractivity contribution in [2.24, 2.45) is 7.05 Å². The van der Waals surface area contributed by atoms with E-state index < -0.39 is 17.9 Å². The van der Waals surface area contributed by atoms with Gasteiger partial charge in [-0.05, 0) is 41.1 Å². The summed E-state index contributed by atoms with van der Waals surface area (Å²) in [5.41, 5.74) is 2.49. The number of carboxylic acid groups (broad SMARTS) is 1. The van der Waals surface area contributed by atoms with E-state index in [-0.39, 0.29) is 13.0 Å². The molecular formula is C21H20N6O4. The zero-order chi connectivity index (χ0) is 21.8. The van der Waals surface area contributed by atoms with E-state index in [2.05, 4.69) is 25.7 Å².